The molecule has 2 amide bonds. The minimum atomic E-state index is -4.46. The van der Waals surface area contributed by atoms with E-state index < -0.39 is 48.6 Å². The van der Waals surface area contributed by atoms with Crippen molar-refractivity contribution in [2.45, 2.75) is 30.8 Å². The van der Waals surface area contributed by atoms with Gasteiger partial charge in [-0.05, 0) is 24.3 Å². The van der Waals surface area contributed by atoms with Gasteiger partial charge in [0.1, 0.15) is 6.10 Å². The van der Waals surface area contributed by atoms with Crippen molar-refractivity contribution in [1.82, 2.24) is 5.32 Å². The second kappa shape index (κ2) is 8.87. The molecule has 0 aromatic heterocycles. The second-order valence-corrected chi connectivity index (χ2v) is 5.76. The van der Waals surface area contributed by atoms with Crippen LogP contribution in [0.25, 0.3) is 0 Å². The molecule has 0 bridgehead atoms. The fourth-order valence-corrected chi connectivity index (χ4v) is 2.44. The number of aliphatic hydroxyl groups is 1. The van der Waals surface area contributed by atoms with Gasteiger partial charge in [-0.2, -0.15) is 13.2 Å². The number of anilines is 1. The van der Waals surface area contributed by atoms with E-state index in [2.05, 4.69) is 15.4 Å². The van der Waals surface area contributed by atoms with Gasteiger partial charge in [-0.1, -0.05) is 12.2 Å². The molecule has 0 spiro atoms. The predicted molar refractivity (Wildman–Crippen MR) is 88.9 cm³/mol. The first-order valence-electron chi connectivity index (χ1n) is 7.99. The van der Waals surface area contributed by atoms with Crippen molar-refractivity contribution < 1.29 is 37.3 Å². The minimum Gasteiger partial charge on any atom is -0.469 e. The topological polar surface area (TPSA) is 96.9 Å². The Hall–Kier alpha value is -2.59. The Labute approximate surface area is 153 Å². The summed E-state index contributed by atoms with van der Waals surface area (Å²) < 4.78 is 47.7. The van der Waals surface area contributed by atoms with Crippen molar-refractivity contribution in [2.24, 2.45) is 0 Å². The number of esters is 1. The predicted octanol–water partition coefficient (Wildman–Crippen LogP) is 2.07. The fourth-order valence-electron chi connectivity index (χ4n) is 2.44. The molecule has 0 aliphatic carbocycles. The molecule has 1 aliphatic rings. The number of benzene rings is 1. The van der Waals surface area contributed by atoms with E-state index >= 15 is 0 Å². The number of methoxy groups -OCH3 is 1. The van der Waals surface area contributed by atoms with Crippen molar-refractivity contribution in [3.05, 3.63) is 42.0 Å². The maximum atomic E-state index is 12.5. The van der Waals surface area contributed by atoms with Gasteiger partial charge in [0.15, 0.2) is 0 Å². The zero-order chi connectivity index (χ0) is 20.0. The van der Waals surface area contributed by atoms with E-state index in [0.29, 0.717) is 0 Å². The fraction of sp³-hybridized carbons (Fsp3) is 0.412. The number of hydrogen-bond donors (Lipinski definition) is 3. The monoisotopic (exact) mass is 388 g/mol. The average molecular weight is 388 g/mol. The third-order valence-corrected chi connectivity index (χ3v) is 3.83. The van der Waals surface area contributed by atoms with Gasteiger partial charge >= 0.3 is 18.2 Å². The van der Waals surface area contributed by atoms with Crippen LogP contribution >= 0.6 is 0 Å². The van der Waals surface area contributed by atoms with Crippen LogP contribution in [0, 0.1) is 0 Å². The number of nitrogens with one attached hydrogen (secondary N) is 2. The van der Waals surface area contributed by atoms with Gasteiger partial charge in [0.05, 0.1) is 37.8 Å². The maximum Gasteiger partial charge on any atom is 0.416 e. The molecule has 0 fully saturated rings. The van der Waals surface area contributed by atoms with E-state index in [1.165, 1.54) is 7.11 Å². The molecule has 0 radical (unpaired) electrons. The van der Waals surface area contributed by atoms with E-state index in [1.807, 2.05) is 0 Å². The molecule has 0 saturated carbocycles. The van der Waals surface area contributed by atoms with Crippen LogP contribution in [-0.4, -0.2) is 49.1 Å². The molecule has 1 heterocycles. The first kappa shape index (κ1) is 20.7. The number of rotatable bonds is 5. The highest BCUT2D eigenvalue weighted by atomic mass is 19.4. The molecule has 7 nitrogen and oxygen atoms in total. The van der Waals surface area contributed by atoms with Crippen LogP contribution in [0.5, 0.6) is 0 Å². The lowest BCUT2D eigenvalue weighted by atomic mass is 10.1. The van der Waals surface area contributed by atoms with Crippen molar-refractivity contribution in [2.75, 3.05) is 19.0 Å². The largest absolute Gasteiger partial charge is 0.469 e. The Balaban J connectivity index is 1.94. The summed E-state index contributed by atoms with van der Waals surface area (Å²) in [7, 11) is 1.24. The Bertz CT molecular complexity index is 691. The van der Waals surface area contributed by atoms with Crippen LogP contribution < -0.4 is 10.6 Å². The number of hydrogen-bond acceptors (Lipinski definition) is 5. The van der Waals surface area contributed by atoms with Crippen LogP contribution in [0.4, 0.5) is 23.7 Å². The number of carbonyl (C=O) groups excluding carboxylic acids is 2. The SMILES string of the molecule is COC(=O)C[C@H]1C=C[C@@H](NC(=O)Nc2ccc(C(F)(F)F)cc2)[C@@H](CO)O1. The molecule has 0 saturated heterocycles. The van der Waals surface area contributed by atoms with Crippen LogP contribution in [0.2, 0.25) is 0 Å². The first-order valence-corrected chi connectivity index (χ1v) is 7.99. The first-order chi connectivity index (χ1) is 12.7. The molecule has 27 heavy (non-hydrogen) atoms. The quantitative estimate of drug-likeness (QED) is 0.530. The minimum absolute atomic E-state index is 0.0338. The molecule has 3 N–H and O–H groups in total. The van der Waals surface area contributed by atoms with E-state index in [4.69, 9.17) is 4.74 Å². The molecule has 1 aromatic rings. The summed E-state index contributed by atoms with van der Waals surface area (Å²) in [4.78, 5) is 23.3. The van der Waals surface area contributed by atoms with E-state index in [0.717, 1.165) is 24.3 Å². The van der Waals surface area contributed by atoms with Crippen molar-refractivity contribution in [1.29, 1.82) is 0 Å². The van der Waals surface area contributed by atoms with Crippen molar-refractivity contribution in [3.8, 4) is 0 Å². The van der Waals surface area contributed by atoms with Crippen LogP contribution in [-0.2, 0) is 20.4 Å². The number of alkyl halides is 3. The van der Waals surface area contributed by atoms with Crippen LogP contribution in [0.15, 0.2) is 36.4 Å². The lowest BCUT2D eigenvalue weighted by Gasteiger charge is -2.31. The normalized spacial score (nSPS) is 22.2. The molecule has 0 unspecified atom stereocenters. The van der Waals surface area contributed by atoms with Gasteiger partial charge in [-0.25, -0.2) is 4.79 Å². The zero-order valence-electron chi connectivity index (χ0n) is 14.3. The van der Waals surface area contributed by atoms with E-state index in [-0.39, 0.29) is 12.1 Å². The Kier molecular flexibility index (Phi) is 6.81. The standard InChI is InChI=1S/C17H19F3N2O5/c1-26-15(24)8-12-6-7-13(14(9-23)27-12)22-16(25)21-11-4-2-10(3-5-11)17(18,19)20/h2-7,12-14,23H,8-9H2,1H3,(H2,21,22,25)/t12-,13-,14-/m1/s1. The average Bonchev–Trinajstić information content (AvgIpc) is 2.62. The van der Waals surface area contributed by atoms with Crippen LogP contribution in [0.1, 0.15) is 12.0 Å². The lowest BCUT2D eigenvalue weighted by Crippen LogP contribution is -2.49. The van der Waals surface area contributed by atoms with Crippen LogP contribution in [0.3, 0.4) is 0 Å². The third kappa shape index (κ3) is 5.97. The molecular weight excluding hydrogens is 369 g/mol. The highest BCUT2D eigenvalue weighted by molar-refractivity contribution is 5.89. The number of amides is 2. The molecule has 10 heteroatoms. The molecule has 1 aromatic carbocycles. The zero-order valence-corrected chi connectivity index (χ0v) is 14.3. The van der Waals surface area contributed by atoms with Gasteiger partial charge in [0, 0.05) is 5.69 Å². The summed E-state index contributed by atoms with van der Waals surface area (Å²) in [6.07, 6.45) is -2.74. The number of ether oxygens (including phenoxy) is 2. The molecule has 1 aliphatic heterocycles. The number of aliphatic hydroxyl groups excluding tert-OH is 1. The molecule has 3 atom stereocenters. The lowest BCUT2D eigenvalue weighted by molar-refractivity contribution is -0.145. The summed E-state index contributed by atoms with van der Waals surface area (Å²) >= 11 is 0. The van der Waals surface area contributed by atoms with Crippen molar-refractivity contribution >= 4 is 17.7 Å². The molecule has 148 valence electrons. The number of carbonyl (C=O) groups is 2. The molecule has 2 rings (SSSR count). The Morgan fingerprint density at radius 1 is 1.22 bits per heavy atom. The highest BCUT2D eigenvalue weighted by Crippen LogP contribution is 2.29. The summed E-state index contributed by atoms with van der Waals surface area (Å²) in [6.45, 7) is -0.409. The van der Waals surface area contributed by atoms with E-state index in [1.54, 1.807) is 12.2 Å². The maximum absolute atomic E-state index is 12.5. The Morgan fingerprint density at radius 2 is 1.89 bits per heavy atom. The van der Waals surface area contributed by atoms with Gasteiger partial charge in [-0.15, -0.1) is 0 Å². The van der Waals surface area contributed by atoms with Gasteiger partial charge in [0.25, 0.3) is 0 Å². The summed E-state index contributed by atoms with van der Waals surface area (Å²) in [6, 6.07) is 2.61. The summed E-state index contributed by atoms with van der Waals surface area (Å²) in [5, 5.41) is 14.4. The molecular formula is C17H19F3N2O5. The van der Waals surface area contributed by atoms with E-state index in [9.17, 15) is 27.9 Å². The highest BCUT2D eigenvalue weighted by Gasteiger charge is 2.31. The number of urea groups is 1. The smallest absolute Gasteiger partial charge is 0.416 e. The van der Waals surface area contributed by atoms with Crippen molar-refractivity contribution in [3.63, 3.8) is 0 Å². The number of halogens is 3. The van der Waals surface area contributed by atoms with Gasteiger partial charge in [-0.3, -0.25) is 4.79 Å². The summed E-state index contributed by atoms with van der Waals surface area (Å²) in [5.41, 5.74) is -0.653. The second-order valence-electron chi connectivity index (χ2n) is 5.76. The Morgan fingerprint density at radius 3 is 2.44 bits per heavy atom. The third-order valence-electron chi connectivity index (χ3n) is 3.83. The van der Waals surface area contributed by atoms with Gasteiger partial charge < -0.3 is 25.2 Å². The van der Waals surface area contributed by atoms with Gasteiger partial charge in [0.2, 0.25) is 0 Å². The summed E-state index contributed by atoms with van der Waals surface area (Å²) in [5.74, 6) is -0.479.